The van der Waals surface area contributed by atoms with Crippen LogP contribution >= 0.6 is 0 Å². The minimum Gasteiger partial charge on any atom is -0.508 e. The quantitative estimate of drug-likeness (QED) is 0.0177. The van der Waals surface area contributed by atoms with Crippen LogP contribution < -0.4 is 58.5 Å². The summed E-state index contributed by atoms with van der Waals surface area (Å²) >= 11 is 0. The van der Waals surface area contributed by atoms with Crippen molar-refractivity contribution < 1.29 is 137 Å². The highest BCUT2D eigenvalue weighted by molar-refractivity contribution is 6.01. The Kier molecular flexibility index (Phi) is 38.6. The first kappa shape index (κ1) is 92.6. The number of phenolic OH excluding ortho intramolecular Hbond substituents is 1. The number of allylic oxidation sites excluding steroid dienone is 3. The number of rotatable bonds is 33. The van der Waals surface area contributed by atoms with Gasteiger partial charge in [-0.3, -0.25) is 81.5 Å². The van der Waals surface area contributed by atoms with E-state index >= 15 is 9.59 Å². The summed E-state index contributed by atoms with van der Waals surface area (Å²) in [5, 5.41) is 105. The van der Waals surface area contributed by atoms with Gasteiger partial charge in [0, 0.05) is 51.9 Å². The molecule has 41 nitrogen and oxygen atoms in total. The number of nitrogens with one attached hydrogen (secondary N) is 11. The van der Waals surface area contributed by atoms with Crippen molar-refractivity contribution >= 4 is 113 Å². The van der Waals surface area contributed by atoms with Crippen LogP contribution in [0.15, 0.2) is 48.6 Å². The summed E-state index contributed by atoms with van der Waals surface area (Å²) in [6.07, 6.45) is -4.80. The molecule has 110 heavy (non-hydrogen) atoms. The van der Waals surface area contributed by atoms with Crippen LogP contribution in [0.25, 0.3) is 0 Å². The third-order valence-corrected chi connectivity index (χ3v) is 17.7. The number of cyclic esters (lactones) is 1. The first-order valence-corrected chi connectivity index (χ1v) is 35.3. The fourth-order valence-electron chi connectivity index (χ4n) is 10.9. The fourth-order valence-corrected chi connectivity index (χ4v) is 10.9. The predicted molar refractivity (Wildman–Crippen MR) is 378 cm³/mol. The lowest BCUT2D eigenvalue weighted by Crippen LogP contribution is -2.64. The highest BCUT2D eigenvalue weighted by Crippen LogP contribution is 2.21. The minimum absolute atomic E-state index is 0.0194. The van der Waals surface area contributed by atoms with Crippen LogP contribution in [0, 0.1) is 17.8 Å². The van der Waals surface area contributed by atoms with Crippen molar-refractivity contribution in [1.82, 2.24) is 68.3 Å². The smallest absolute Gasteiger partial charge is 0.335 e. The van der Waals surface area contributed by atoms with Crippen LogP contribution in [-0.4, -0.2) is 276 Å². The van der Waals surface area contributed by atoms with Crippen molar-refractivity contribution in [3.63, 3.8) is 0 Å². The number of likely N-dealkylation sites (N-methyl/N-ethyl adjacent to an activating group) is 1. The molecule has 2 fully saturated rings. The van der Waals surface area contributed by atoms with E-state index in [1.807, 2.05) is 11.4 Å². The number of hydrogen-bond donors (Lipinski definition) is 19. The lowest BCUT2D eigenvalue weighted by molar-refractivity contribution is -0.157. The fraction of sp³-hybridized carbons (Fsp3) is 0.580. The average Bonchev–Trinajstić information content (AvgIpc) is 1.56. The maximum Gasteiger partial charge on any atom is 0.335 e. The van der Waals surface area contributed by atoms with Crippen molar-refractivity contribution in [2.24, 2.45) is 17.8 Å². The van der Waals surface area contributed by atoms with Gasteiger partial charge in [0.25, 0.3) is 0 Å². The third-order valence-electron chi connectivity index (χ3n) is 17.7. The van der Waals surface area contributed by atoms with Crippen molar-refractivity contribution in [3.05, 3.63) is 54.1 Å². The van der Waals surface area contributed by atoms with Crippen LogP contribution in [0.4, 0.5) is 0 Å². The number of carboxylic acids is 5. The molecule has 15 unspecified atom stereocenters. The van der Waals surface area contributed by atoms with Gasteiger partial charge in [0.2, 0.25) is 76.8 Å². The van der Waals surface area contributed by atoms with Crippen molar-refractivity contribution in [3.8, 4) is 5.75 Å². The molecular formula is C69H99N13O28. The minimum atomic E-state index is -2.87. The molecule has 0 aromatic heterocycles. The van der Waals surface area contributed by atoms with Crippen LogP contribution in [0.5, 0.6) is 5.75 Å². The Morgan fingerprint density at radius 3 is 1.91 bits per heavy atom. The van der Waals surface area contributed by atoms with Crippen LogP contribution in [0.3, 0.4) is 0 Å². The molecule has 2 saturated heterocycles. The summed E-state index contributed by atoms with van der Waals surface area (Å²) in [6, 6.07) is -13.9. The summed E-state index contributed by atoms with van der Waals surface area (Å²) < 4.78 is 5.59. The molecule has 15 atom stereocenters. The van der Waals surface area contributed by atoms with Gasteiger partial charge in [-0.25, -0.2) is 9.59 Å². The molecule has 19 N–H and O–H groups in total. The molecule has 0 bridgehead atoms. The van der Waals surface area contributed by atoms with Crippen LogP contribution in [-0.2, 0) is 102 Å². The molecular weight excluding hydrogens is 1460 g/mol. The molecule has 41 heteroatoms. The van der Waals surface area contributed by atoms with Gasteiger partial charge < -0.3 is 114 Å². The Morgan fingerprint density at radius 2 is 1.30 bits per heavy atom. The first-order chi connectivity index (χ1) is 51.7. The number of aliphatic hydroxyl groups excluding tert-OH is 2. The van der Waals surface area contributed by atoms with E-state index in [-0.39, 0.29) is 43.7 Å². The zero-order valence-electron chi connectivity index (χ0n) is 61.6. The number of carbonyl (C=O) groups excluding carboxylic acids is 14. The molecule has 0 radical (unpaired) electrons. The van der Waals surface area contributed by atoms with Gasteiger partial charge in [0.05, 0.1) is 25.4 Å². The standard InChI is InChI=1S/C69H99N13O28/c1-8-34(3)15-12-10-11-13-17-47(85)70-30-36(5)58(96)71-31-48(86)73-40(22-24-50(88)89)59(97)75-42(27-38-18-20-39(83)21-19-38)61(99)79-55-37(6)110-53(94)33-81(7)66(104)44(28-46(84)68(106)107)77-60(98)41(23-25-51(90)91)74-49(87)32-72-63(101)45-16-14-26-82(45)67(105)56(57(95)69(108)109)80-62(100)43(29-52(92)93)76-64(102)54(35(4)9-2)78-65(55)103/h10-11,13,17-21,34-37,40-46,54-57,83-84,95H,8-9,12,14-16,22-33H2,1-7H3,(H,70,85)(H,71,96)(H,72,101)(H,73,86)(H,74,87)(H,75,97)(H,76,102)(H,77,98)(H,78,103)(H,79,99)(H,80,100)(H,88,89)(H,90,91)(H,92,93)(H,106,107)(H,108,109). The number of nitrogens with zero attached hydrogens (tertiary/aromatic N) is 2. The van der Waals surface area contributed by atoms with E-state index in [0.29, 0.717) is 15.7 Å². The number of aliphatic carboxylic acids is 5. The molecule has 0 aliphatic carbocycles. The second-order valence-electron chi connectivity index (χ2n) is 26.5. The number of fused-ring (bicyclic) bond motifs is 1. The summed E-state index contributed by atoms with van der Waals surface area (Å²) in [6.45, 7) is 5.72. The van der Waals surface area contributed by atoms with Gasteiger partial charge in [0.15, 0.2) is 12.2 Å². The third kappa shape index (κ3) is 31.7. The summed E-state index contributed by atoms with van der Waals surface area (Å²) in [5.41, 5.74) is 0.144. The van der Waals surface area contributed by atoms with E-state index < -0.39 is 262 Å². The van der Waals surface area contributed by atoms with Crippen molar-refractivity contribution in [2.45, 2.75) is 198 Å². The molecule has 1 aromatic carbocycles. The number of carbonyl (C=O) groups is 19. The number of ether oxygens (including phenoxy) is 1. The van der Waals surface area contributed by atoms with Gasteiger partial charge >= 0.3 is 35.8 Å². The summed E-state index contributed by atoms with van der Waals surface area (Å²) in [4.78, 5) is 258. The number of aliphatic hydroxyl groups is 2. The average molecular weight is 1560 g/mol. The molecule has 3 rings (SSSR count). The molecule has 1 aromatic rings. The molecule has 2 heterocycles. The molecule has 608 valence electrons. The van der Waals surface area contributed by atoms with Gasteiger partial charge in [0.1, 0.15) is 72.8 Å². The van der Waals surface area contributed by atoms with Gasteiger partial charge in [-0.05, 0) is 75.0 Å². The highest BCUT2D eigenvalue weighted by atomic mass is 16.5. The number of hydrogen-bond acceptors (Lipinski definition) is 23. The molecule has 0 spiro atoms. The Morgan fingerprint density at radius 1 is 0.664 bits per heavy atom. The van der Waals surface area contributed by atoms with E-state index in [0.717, 1.165) is 45.4 Å². The molecule has 2 aliphatic heterocycles. The highest BCUT2D eigenvalue weighted by Gasteiger charge is 2.45. The Bertz CT molecular complexity index is 3570. The zero-order chi connectivity index (χ0) is 82.8. The first-order valence-electron chi connectivity index (χ1n) is 35.3. The second-order valence-corrected chi connectivity index (χ2v) is 26.5. The van der Waals surface area contributed by atoms with E-state index in [4.69, 9.17) is 4.74 Å². The lowest BCUT2D eigenvalue weighted by Gasteiger charge is -2.32. The van der Waals surface area contributed by atoms with E-state index in [1.54, 1.807) is 6.08 Å². The maximum atomic E-state index is 15.1. The zero-order valence-corrected chi connectivity index (χ0v) is 61.6. The van der Waals surface area contributed by atoms with Crippen LogP contribution in [0.1, 0.15) is 124 Å². The lowest BCUT2D eigenvalue weighted by atomic mass is 9.96. The Balaban J connectivity index is 2.22. The van der Waals surface area contributed by atoms with E-state index in [2.05, 4.69) is 67.0 Å². The van der Waals surface area contributed by atoms with Crippen molar-refractivity contribution in [2.75, 3.05) is 39.8 Å². The SMILES string of the molecule is CCC(C)CCC=CC=CC(=O)NCC(C)C(=O)NCC(=O)NC(CCC(=O)O)C(=O)NC(Cc1ccc(O)cc1)C(=O)NC1C(=O)NC(C(C)CC)C(=O)NC(CC(=O)O)C(=O)NC(C(O)C(=O)O)C(=O)N2CCCC2C(=O)NCC(=O)NC(CCC(=O)O)C(=O)NC(CC(O)C(=O)O)C(=O)N(C)CC(=O)OC1C. The van der Waals surface area contributed by atoms with Gasteiger partial charge in [-0.1, -0.05) is 77.8 Å². The molecule has 0 saturated carbocycles. The number of carboxylic acid groups (broad SMARTS) is 5. The van der Waals surface area contributed by atoms with E-state index in [1.165, 1.54) is 45.1 Å². The number of phenols is 1. The second kappa shape index (κ2) is 45.9. The largest absolute Gasteiger partial charge is 0.508 e. The summed E-state index contributed by atoms with van der Waals surface area (Å²) in [7, 11) is 0.886. The number of amides is 13. The number of benzene rings is 1. The van der Waals surface area contributed by atoms with Crippen LogP contribution in [0.2, 0.25) is 0 Å². The Labute approximate surface area is 630 Å². The molecule has 2 aliphatic rings. The topological polar surface area (TPSA) is 634 Å². The number of aromatic hydroxyl groups is 1. The van der Waals surface area contributed by atoms with Crippen molar-refractivity contribution in [1.29, 1.82) is 0 Å². The summed E-state index contributed by atoms with van der Waals surface area (Å²) in [5.74, 6) is -28.5. The van der Waals surface area contributed by atoms with Gasteiger partial charge in [-0.2, -0.15) is 0 Å². The normalized spacial score (nSPS) is 22.3. The molecule has 13 amide bonds. The predicted octanol–water partition coefficient (Wildman–Crippen LogP) is -5.34. The Hall–Kier alpha value is -11.6. The maximum absolute atomic E-state index is 15.1. The van der Waals surface area contributed by atoms with Gasteiger partial charge in [-0.15, -0.1) is 0 Å². The monoisotopic (exact) mass is 1560 g/mol. The van der Waals surface area contributed by atoms with E-state index in [9.17, 15) is 122 Å². The number of esters is 1.